The lowest BCUT2D eigenvalue weighted by atomic mass is 10.3. The third kappa shape index (κ3) is 3.91. The number of aromatic nitrogens is 4. The van der Waals surface area contributed by atoms with E-state index in [0.717, 1.165) is 5.52 Å². The molecule has 10 heteroatoms. The second-order valence-corrected chi connectivity index (χ2v) is 5.15. The number of amides is 2. The summed E-state index contributed by atoms with van der Waals surface area (Å²) in [5, 5.41) is 12.8. The molecule has 0 spiro atoms. The molecule has 0 atom stereocenters. The zero-order valence-corrected chi connectivity index (χ0v) is 13.6. The number of fused-ring (bicyclic) bond motifs is 1. The Morgan fingerprint density at radius 1 is 1.36 bits per heavy atom. The number of aryl methyl sites for hydroxylation is 1. The molecular weight excluding hydrogens is 328 g/mol. The molecule has 0 aliphatic carbocycles. The van der Waals surface area contributed by atoms with E-state index in [1.54, 1.807) is 25.1 Å². The molecule has 1 aromatic carbocycles. The summed E-state index contributed by atoms with van der Waals surface area (Å²) < 4.78 is 11.4. The molecule has 3 rings (SSSR count). The normalized spacial score (nSPS) is 10.6. The molecule has 2 aromatic heterocycles. The van der Waals surface area contributed by atoms with Gasteiger partial charge < -0.3 is 19.8 Å². The zero-order valence-electron chi connectivity index (χ0n) is 13.6. The highest BCUT2D eigenvalue weighted by molar-refractivity contribution is 5.91. The maximum absolute atomic E-state index is 11.9. The van der Waals surface area contributed by atoms with Crippen LogP contribution in [0.1, 0.15) is 16.4 Å². The second-order valence-electron chi connectivity index (χ2n) is 5.15. The van der Waals surface area contributed by atoms with Crippen molar-refractivity contribution in [2.75, 3.05) is 19.0 Å². The number of esters is 1. The number of ether oxygens (including phenoxy) is 1. The first-order chi connectivity index (χ1) is 12.0. The predicted molar refractivity (Wildman–Crippen MR) is 87.1 cm³/mol. The number of hydrogen-bond acceptors (Lipinski definition) is 7. The molecule has 0 fully saturated rings. The van der Waals surface area contributed by atoms with Gasteiger partial charge in [0.25, 0.3) is 0 Å². The number of nitrogens with zero attached hydrogens (tertiary/aromatic N) is 4. The van der Waals surface area contributed by atoms with Crippen molar-refractivity contribution >= 4 is 28.8 Å². The minimum absolute atomic E-state index is 0.114. The van der Waals surface area contributed by atoms with Gasteiger partial charge in [-0.15, -0.1) is 5.10 Å². The summed E-state index contributed by atoms with van der Waals surface area (Å²) in [7, 11) is 1.27. The van der Waals surface area contributed by atoms with Crippen LogP contribution >= 0.6 is 0 Å². The van der Waals surface area contributed by atoms with Crippen LogP contribution in [0.25, 0.3) is 11.1 Å². The topological polar surface area (TPSA) is 124 Å². The highest BCUT2D eigenvalue weighted by Gasteiger charge is 2.10. The summed E-state index contributed by atoms with van der Waals surface area (Å²) in [4.78, 5) is 27.4. The van der Waals surface area contributed by atoms with Gasteiger partial charge in [-0.3, -0.25) is 0 Å². The molecule has 2 N–H and O–H groups in total. The van der Waals surface area contributed by atoms with Crippen LogP contribution in [0.3, 0.4) is 0 Å². The lowest BCUT2D eigenvalue weighted by molar-refractivity contribution is 0.0594. The number of oxazole rings is 1. The lowest BCUT2D eigenvalue weighted by Crippen LogP contribution is -2.31. The van der Waals surface area contributed by atoms with E-state index in [4.69, 9.17) is 4.42 Å². The monoisotopic (exact) mass is 344 g/mol. The van der Waals surface area contributed by atoms with Gasteiger partial charge in [-0.2, -0.15) is 0 Å². The fraction of sp³-hybridized carbons (Fsp3) is 0.267. The Morgan fingerprint density at radius 3 is 3.00 bits per heavy atom. The van der Waals surface area contributed by atoms with Crippen molar-refractivity contribution in [2.24, 2.45) is 0 Å². The molecular formula is C15H16N6O4. The Labute approximate surface area is 142 Å². The Balaban J connectivity index is 1.50. The van der Waals surface area contributed by atoms with Crippen molar-refractivity contribution in [2.45, 2.75) is 13.5 Å². The number of carbonyl (C=O) groups excluding carboxylic acids is 2. The SMILES string of the molecule is COC(=O)c1cn(CCNC(=O)Nc2ccc3nc(C)oc3c2)nn1. The molecule has 2 amide bonds. The molecule has 2 heterocycles. The summed E-state index contributed by atoms with van der Waals surface area (Å²) in [5.74, 6) is 0.00533. The van der Waals surface area contributed by atoms with Crippen LogP contribution in [0.15, 0.2) is 28.8 Å². The van der Waals surface area contributed by atoms with Gasteiger partial charge >= 0.3 is 12.0 Å². The molecule has 0 aliphatic rings. The number of nitrogens with one attached hydrogen (secondary N) is 2. The van der Waals surface area contributed by atoms with Gasteiger partial charge in [-0.05, 0) is 12.1 Å². The van der Waals surface area contributed by atoms with Gasteiger partial charge in [0, 0.05) is 25.2 Å². The van der Waals surface area contributed by atoms with Crippen LogP contribution in [0.4, 0.5) is 10.5 Å². The number of benzene rings is 1. The Bertz CT molecular complexity index is 916. The second kappa shape index (κ2) is 6.99. The Hall–Kier alpha value is -3.43. The molecule has 0 unspecified atom stereocenters. The van der Waals surface area contributed by atoms with Gasteiger partial charge in [-0.25, -0.2) is 19.3 Å². The number of anilines is 1. The number of methoxy groups -OCH3 is 1. The van der Waals surface area contributed by atoms with Crippen LogP contribution in [-0.4, -0.2) is 45.6 Å². The first kappa shape index (κ1) is 16.4. The molecule has 3 aromatic rings. The fourth-order valence-electron chi connectivity index (χ4n) is 2.18. The third-order valence-electron chi connectivity index (χ3n) is 3.31. The average molecular weight is 344 g/mol. The first-order valence-electron chi connectivity index (χ1n) is 7.45. The van der Waals surface area contributed by atoms with E-state index in [1.165, 1.54) is 18.0 Å². The molecule has 10 nitrogen and oxygen atoms in total. The lowest BCUT2D eigenvalue weighted by Gasteiger charge is -2.07. The van der Waals surface area contributed by atoms with Crippen molar-refractivity contribution in [3.05, 3.63) is 36.0 Å². The van der Waals surface area contributed by atoms with Crippen molar-refractivity contribution in [1.82, 2.24) is 25.3 Å². The van der Waals surface area contributed by atoms with Crippen LogP contribution in [0, 0.1) is 6.92 Å². The molecule has 25 heavy (non-hydrogen) atoms. The van der Waals surface area contributed by atoms with E-state index in [0.29, 0.717) is 30.3 Å². The highest BCUT2D eigenvalue weighted by Crippen LogP contribution is 2.19. The molecule has 0 saturated heterocycles. The fourth-order valence-corrected chi connectivity index (χ4v) is 2.18. The molecule has 0 radical (unpaired) electrons. The third-order valence-corrected chi connectivity index (χ3v) is 3.31. The van der Waals surface area contributed by atoms with Crippen LogP contribution < -0.4 is 10.6 Å². The quantitative estimate of drug-likeness (QED) is 0.669. The number of rotatable bonds is 5. The summed E-state index contributed by atoms with van der Waals surface area (Å²) in [6.45, 7) is 2.42. The standard InChI is InChI=1S/C15H16N6O4/c1-9-17-11-4-3-10(7-13(11)25-9)18-15(23)16-5-6-21-8-12(19-20-21)14(22)24-2/h3-4,7-8H,5-6H2,1-2H3,(H2,16,18,23). The van der Waals surface area contributed by atoms with Gasteiger partial charge in [0.1, 0.15) is 5.52 Å². The summed E-state index contributed by atoms with van der Waals surface area (Å²) in [5.41, 5.74) is 2.04. The molecule has 0 saturated carbocycles. The van der Waals surface area contributed by atoms with E-state index >= 15 is 0 Å². The first-order valence-corrected chi connectivity index (χ1v) is 7.45. The molecule has 130 valence electrons. The summed E-state index contributed by atoms with van der Waals surface area (Å²) >= 11 is 0. The van der Waals surface area contributed by atoms with Gasteiger partial charge in [0.15, 0.2) is 17.2 Å². The van der Waals surface area contributed by atoms with Gasteiger partial charge in [-0.1, -0.05) is 5.21 Å². The van der Waals surface area contributed by atoms with E-state index in [-0.39, 0.29) is 11.7 Å². The van der Waals surface area contributed by atoms with Gasteiger partial charge in [0.2, 0.25) is 0 Å². The van der Waals surface area contributed by atoms with Crippen molar-refractivity contribution in [1.29, 1.82) is 0 Å². The number of hydrogen-bond donors (Lipinski definition) is 2. The smallest absolute Gasteiger partial charge is 0.360 e. The zero-order chi connectivity index (χ0) is 17.8. The highest BCUT2D eigenvalue weighted by atomic mass is 16.5. The minimum atomic E-state index is -0.560. The van der Waals surface area contributed by atoms with Crippen LogP contribution in [-0.2, 0) is 11.3 Å². The van der Waals surface area contributed by atoms with E-state index < -0.39 is 5.97 Å². The van der Waals surface area contributed by atoms with Crippen LogP contribution in [0.2, 0.25) is 0 Å². The van der Waals surface area contributed by atoms with Crippen molar-refractivity contribution in [3.8, 4) is 0 Å². The maximum Gasteiger partial charge on any atom is 0.360 e. The molecule has 0 aliphatic heterocycles. The maximum atomic E-state index is 11.9. The summed E-state index contributed by atoms with van der Waals surface area (Å²) in [6.07, 6.45) is 1.45. The van der Waals surface area contributed by atoms with E-state index in [2.05, 4.69) is 30.7 Å². The Morgan fingerprint density at radius 2 is 2.20 bits per heavy atom. The number of carbonyl (C=O) groups is 2. The predicted octanol–water partition coefficient (Wildman–Crippen LogP) is 1.34. The van der Waals surface area contributed by atoms with Crippen LogP contribution in [0.5, 0.6) is 0 Å². The van der Waals surface area contributed by atoms with Gasteiger partial charge in [0.05, 0.1) is 19.9 Å². The summed E-state index contributed by atoms with van der Waals surface area (Å²) in [6, 6.07) is 4.84. The van der Waals surface area contributed by atoms with E-state index in [9.17, 15) is 9.59 Å². The number of urea groups is 1. The van der Waals surface area contributed by atoms with Crippen molar-refractivity contribution < 1.29 is 18.7 Å². The molecule has 0 bridgehead atoms. The largest absolute Gasteiger partial charge is 0.464 e. The minimum Gasteiger partial charge on any atom is -0.464 e. The van der Waals surface area contributed by atoms with E-state index in [1.807, 2.05) is 0 Å². The average Bonchev–Trinajstić information content (AvgIpc) is 3.19. The Kier molecular flexibility index (Phi) is 4.59. The van der Waals surface area contributed by atoms with Crippen molar-refractivity contribution in [3.63, 3.8) is 0 Å².